The molecule has 4 heteroatoms. The average molecular weight is 357 g/mol. The zero-order valence-electron chi connectivity index (χ0n) is 15.7. The molecule has 5 rings (SSSR count). The molecule has 0 saturated heterocycles. The molecule has 0 amide bonds. The summed E-state index contributed by atoms with van der Waals surface area (Å²) in [6, 6.07) is 12.7. The van der Waals surface area contributed by atoms with Crippen molar-refractivity contribution in [1.82, 2.24) is 14.5 Å². The molecule has 27 heavy (non-hydrogen) atoms. The van der Waals surface area contributed by atoms with Gasteiger partial charge in [0.05, 0.1) is 5.52 Å². The fourth-order valence-electron chi connectivity index (χ4n) is 4.13. The lowest BCUT2D eigenvalue weighted by atomic mass is 9.80. The van der Waals surface area contributed by atoms with Crippen molar-refractivity contribution in [3.05, 3.63) is 55.0 Å². The lowest BCUT2D eigenvalue weighted by molar-refractivity contribution is 0.0591. The number of hydrogen-bond acceptors (Lipinski definition) is 3. The Balaban J connectivity index is 1.43. The molecule has 0 bridgehead atoms. The van der Waals surface area contributed by atoms with Crippen LogP contribution in [-0.2, 0) is 7.05 Å². The minimum atomic E-state index is 0.342. The van der Waals surface area contributed by atoms with Gasteiger partial charge in [0.15, 0.2) is 0 Å². The van der Waals surface area contributed by atoms with Gasteiger partial charge in [-0.2, -0.15) is 0 Å². The van der Waals surface area contributed by atoms with E-state index in [1.807, 2.05) is 24.7 Å². The second kappa shape index (κ2) is 6.38. The van der Waals surface area contributed by atoms with Gasteiger partial charge in [-0.25, -0.2) is 4.98 Å². The van der Waals surface area contributed by atoms with Gasteiger partial charge in [0, 0.05) is 53.6 Å². The average Bonchev–Trinajstić information content (AvgIpc) is 2.97. The van der Waals surface area contributed by atoms with E-state index < -0.39 is 0 Å². The number of aryl methyl sites for hydroxylation is 1. The monoisotopic (exact) mass is 357 g/mol. The number of aromatic nitrogens is 3. The molecule has 4 aromatic rings. The van der Waals surface area contributed by atoms with Gasteiger partial charge in [0.25, 0.3) is 0 Å². The van der Waals surface area contributed by atoms with Gasteiger partial charge in [-0.05, 0) is 42.5 Å². The molecule has 0 atom stereocenters. The maximum absolute atomic E-state index is 5.98. The largest absolute Gasteiger partial charge is 0.474 e. The number of benzene rings is 1. The van der Waals surface area contributed by atoms with Crippen molar-refractivity contribution < 1.29 is 4.74 Å². The number of rotatable bonds is 4. The highest BCUT2D eigenvalue weighted by atomic mass is 16.5. The van der Waals surface area contributed by atoms with E-state index in [0.717, 1.165) is 35.8 Å². The van der Waals surface area contributed by atoms with E-state index in [0.29, 0.717) is 6.10 Å². The maximum Gasteiger partial charge on any atom is 0.213 e. The molecule has 0 aliphatic heterocycles. The van der Waals surface area contributed by atoms with Crippen LogP contribution in [0.4, 0.5) is 0 Å². The van der Waals surface area contributed by atoms with Crippen LogP contribution in [0.15, 0.2) is 55.0 Å². The molecule has 136 valence electrons. The van der Waals surface area contributed by atoms with Crippen LogP contribution in [0.25, 0.3) is 32.9 Å². The molecule has 1 saturated carbocycles. The van der Waals surface area contributed by atoms with Crippen molar-refractivity contribution in [2.75, 3.05) is 0 Å². The zero-order chi connectivity index (χ0) is 18.4. The van der Waals surface area contributed by atoms with Crippen molar-refractivity contribution in [3.8, 4) is 17.0 Å². The summed E-state index contributed by atoms with van der Waals surface area (Å²) in [4.78, 5) is 8.81. The minimum absolute atomic E-state index is 0.342. The van der Waals surface area contributed by atoms with Crippen LogP contribution in [0.2, 0.25) is 0 Å². The summed E-state index contributed by atoms with van der Waals surface area (Å²) in [5.41, 5.74) is 4.67. The molecule has 4 nitrogen and oxygen atoms in total. The summed E-state index contributed by atoms with van der Waals surface area (Å²) < 4.78 is 8.20. The molecule has 0 unspecified atom stereocenters. The number of pyridine rings is 2. The van der Waals surface area contributed by atoms with Gasteiger partial charge in [-0.3, -0.25) is 4.98 Å². The predicted molar refractivity (Wildman–Crippen MR) is 109 cm³/mol. The van der Waals surface area contributed by atoms with Crippen molar-refractivity contribution in [2.24, 2.45) is 13.0 Å². The summed E-state index contributed by atoms with van der Waals surface area (Å²) >= 11 is 0. The highest BCUT2D eigenvalue weighted by molar-refractivity contribution is 6.08. The first-order chi connectivity index (χ1) is 13.2. The van der Waals surface area contributed by atoms with Crippen LogP contribution in [0.3, 0.4) is 0 Å². The summed E-state index contributed by atoms with van der Waals surface area (Å²) in [7, 11) is 2.10. The minimum Gasteiger partial charge on any atom is -0.474 e. The smallest absolute Gasteiger partial charge is 0.213 e. The van der Waals surface area contributed by atoms with Crippen LogP contribution in [0.1, 0.15) is 26.2 Å². The van der Waals surface area contributed by atoms with E-state index >= 15 is 0 Å². The van der Waals surface area contributed by atoms with Crippen LogP contribution >= 0.6 is 0 Å². The molecule has 1 aromatic carbocycles. The number of nitrogens with zero attached hydrogens (tertiary/aromatic N) is 3. The highest BCUT2D eigenvalue weighted by Crippen LogP contribution is 2.34. The molecule has 3 aromatic heterocycles. The first kappa shape index (κ1) is 16.3. The molecule has 1 aliphatic carbocycles. The number of ether oxygens (including phenoxy) is 1. The summed E-state index contributed by atoms with van der Waals surface area (Å²) in [6.07, 6.45) is 9.60. The Morgan fingerprint density at radius 3 is 2.63 bits per heavy atom. The molecule has 3 heterocycles. The lowest BCUT2D eigenvalue weighted by Crippen LogP contribution is -2.33. The quantitative estimate of drug-likeness (QED) is 0.494. The van der Waals surface area contributed by atoms with E-state index in [-0.39, 0.29) is 0 Å². The maximum atomic E-state index is 5.98. The first-order valence-electron chi connectivity index (χ1n) is 9.68. The van der Waals surface area contributed by atoms with Gasteiger partial charge < -0.3 is 9.30 Å². The van der Waals surface area contributed by atoms with E-state index in [2.05, 4.69) is 58.8 Å². The first-order valence-corrected chi connectivity index (χ1v) is 9.68. The fourth-order valence-corrected chi connectivity index (χ4v) is 4.13. The van der Waals surface area contributed by atoms with Crippen molar-refractivity contribution in [2.45, 2.75) is 32.3 Å². The van der Waals surface area contributed by atoms with Gasteiger partial charge in [0.2, 0.25) is 5.88 Å². The van der Waals surface area contributed by atoms with Crippen molar-refractivity contribution >= 4 is 21.8 Å². The molecular formula is C23H23N3O. The molecule has 0 N–H and O–H groups in total. The van der Waals surface area contributed by atoms with Gasteiger partial charge >= 0.3 is 0 Å². The summed E-state index contributed by atoms with van der Waals surface area (Å²) in [5, 5.41) is 2.42. The van der Waals surface area contributed by atoms with Crippen LogP contribution in [-0.4, -0.2) is 20.6 Å². The van der Waals surface area contributed by atoms with E-state index in [1.165, 1.54) is 28.2 Å². The zero-order valence-corrected chi connectivity index (χ0v) is 15.7. The summed E-state index contributed by atoms with van der Waals surface area (Å²) in [5.74, 6) is 1.56. The normalized spacial score (nSPS) is 19.3. The van der Waals surface area contributed by atoms with E-state index in [9.17, 15) is 0 Å². The molecule has 1 fully saturated rings. The Morgan fingerprint density at radius 1 is 1.00 bits per heavy atom. The fraction of sp³-hybridized carbons (Fsp3) is 0.304. The Morgan fingerprint density at radius 2 is 1.85 bits per heavy atom. The third kappa shape index (κ3) is 2.76. The summed E-state index contributed by atoms with van der Waals surface area (Å²) in [6.45, 7) is 2.25. The Kier molecular flexibility index (Phi) is 3.85. The SMILES string of the molecule is CCC1CC(Oc2ccc(-c3ccc4c5cnccc5n(C)c4c3)cn2)C1. The van der Waals surface area contributed by atoms with Crippen LogP contribution in [0.5, 0.6) is 5.88 Å². The van der Waals surface area contributed by atoms with Gasteiger partial charge in [-0.15, -0.1) is 0 Å². The Hall–Kier alpha value is -2.88. The number of fused-ring (bicyclic) bond motifs is 3. The second-order valence-electron chi connectivity index (χ2n) is 7.55. The predicted octanol–water partition coefficient (Wildman–Crippen LogP) is 5.36. The lowest BCUT2D eigenvalue weighted by Gasteiger charge is -2.34. The second-order valence-corrected chi connectivity index (χ2v) is 7.55. The van der Waals surface area contributed by atoms with Gasteiger partial charge in [-0.1, -0.05) is 25.5 Å². The third-order valence-electron chi connectivity index (χ3n) is 5.94. The molecular weight excluding hydrogens is 334 g/mol. The molecule has 0 radical (unpaired) electrons. The Labute approximate surface area is 158 Å². The molecule has 1 aliphatic rings. The Bertz CT molecular complexity index is 1110. The standard InChI is InChI=1S/C23H23N3O/c1-3-15-10-18(11-15)27-23-7-5-17(13-25-23)16-4-6-19-20-14-24-9-8-21(20)26(2)22(19)12-16/h4-9,12-15,18H,3,10-11H2,1-2H3. The van der Waals surface area contributed by atoms with E-state index in [1.54, 1.807) is 0 Å². The van der Waals surface area contributed by atoms with Crippen molar-refractivity contribution in [3.63, 3.8) is 0 Å². The van der Waals surface area contributed by atoms with E-state index in [4.69, 9.17) is 4.74 Å². The molecule has 0 spiro atoms. The third-order valence-corrected chi connectivity index (χ3v) is 5.94. The van der Waals surface area contributed by atoms with Gasteiger partial charge in [0.1, 0.15) is 6.10 Å². The van der Waals surface area contributed by atoms with Crippen LogP contribution in [0, 0.1) is 5.92 Å². The topological polar surface area (TPSA) is 39.9 Å². The van der Waals surface area contributed by atoms with Crippen molar-refractivity contribution in [1.29, 1.82) is 0 Å². The highest BCUT2D eigenvalue weighted by Gasteiger charge is 2.29. The number of hydrogen-bond donors (Lipinski definition) is 0. The van der Waals surface area contributed by atoms with Crippen LogP contribution < -0.4 is 4.74 Å².